The summed E-state index contributed by atoms with van der Waals surface area (Å²) in [5, 5.41) is 16.6. The van der Waals surface area contributed by atoms with E-state index < -0.39 is 5.54 Å². The molecule has 5 heteroatoms. The van der Waals surface area contributed by atoms with Crippen molar-refractivity contribution in [2.75, 3.05) is 6.54 Å². The predicted octanol–water partition coefficient (Wildman–Crippen LogP) is 2.71. The zero-order valence-electron chi connectivity index (χ0n) is 10.4. The number of halogens is 1. The van der Waals surface area contributed by atoms with Crippen LogP contribution in [0.4, 0.5) is 0 Å². The lowest BCUT2D eigenvalue weighted by molar-refractivity contribution is 0.389. The molecule has 94 valence electrons. The van der Waals surface area contributed by atoms with Gasteiger partial charge in [-0.05, 0) is 48.7 Å². The minimum atomic E-state index is -0.416. The Morgan fingerprint density at radius 1 is 1.65 bits per heavy atom. The number of hydrogen-bond donors (Lipinski definition) is 1. The molecule has 0 aromatic carbocycles. The summed E-state index contributed by atoms with van der Waals surface area (Å²) in [4.78, 5) is 0. The second kappa shape index (κ2) is 6.77. The Kier molecular flexibility index (Phi) is 5.66. The summed E-state index contributed by atoms with van der Waals surface area (Å²) in [5.74, 6) is 0. The van der Waals surface area contributed by atoms with Gasteiger partial charge in [0.2, 0.25) is 0 Å². The molecule has 17 heavy (non-hydrogen) atoms. The molecule has 0 aliphatic heterocycles. The van der Waals surface area contributed by atoms with E-state index in [2.05, 4.69) is 39.3 Å². The molecule has 0 aliphatic rings. The quantitative estimate of drug-likeness (QED) is 0.842. The molecule has 1 rings (SSSR count). The Balaban J connectivity index is 2.35. The van der Waals surface area contributed by atoms with Gasteiger partial charge in [0.05, 0.1) is 16.7 Å². The lowest BCUT2D eigenvalue weighted by Crippen LogP contribution is -2.41. The maximum Gasteiger partial charge on any atom is 0.103 e. The van der Waals surface area contributed by atoms with Crippen LogP contribution in [0, 0.1) is 11.3 Å². The zero-order chi connectivity index (χ0) is 12.7. The normalized spacial score (nSPS) is 14.2. The summed E-state index contributed by atoms with van der Waals surface area (Å²) in [7, 11) is 0. The van der Waals surface area contributed by atoms with E-state index in [-0.39, 0.29) is 0 Å². The van der Waals surface area contributed by atoms with E-state index in [1.807, 2.05) is 17.8 Å². The largest absolute Gasteiger partial charge is 0.300 e. The van der Waals surface area contributed by atoms with Gasteiger partial charge in [-0.1, -0.05) is 6.92 Å². The fourth-order valence-electron chi connectivity index (χ4n) is 1.64. The van der Waals surface area contributed by atoms with Crippen molar-refractivity contribution in [2.45, 2.75) is 45.2 Å². The molecule has 0 saturated carbocycles. The van der Waals surface area contributed by atoms with Crippen molar-refractivity contribution >= 4 is 15.9 Å². The molecule has 1 aromatic rings. The van der Waals surface area contributed by atoms with Crippen LogP contribution in [0.15, 0.2) is 16.9 Å². The Bertz CT molecular complexity index is 382. The van der Waals surface area contributed by atoms with Crippen molar-refractivity contribution < 1.29 is 0 Å². The van der Waals surface area contributed by atoms with E-state index >= 15 is 0 Å². The molecule has 1 N–H and O–H groups in total. The van der Waals surface area contributed by atoms with Crippen molar-refractivity contribution in [1.29, 1.82) is 5.26 Å². The van der Waals surface area contributed by atoms with Crippen LogP contribution in [0.1, 0.15) is 33.1 Å². The number of aryl methyl sites for hydroxylation is 1. The number of nitrogens with zero attached hydrogens (tertiary/aromatic N) is 3. The molecule has 0 saturated heterocycles. The molecule has 0 aliphatic carbocycles. The van der Waals surface area contributed by atoms with Crippen LogP contribution in [-0.4, -0.2) is 21.9 Å². The molecule has 1 aromatic heterocycles. The van der Waals surface area contributed by atoms with Crippen LogP contribution >= 0.6 is 15.9 Å². The summed E-state index contributed by atoms with van der Waals surface area (Å²) in [5.41, 5.74) is -0.416. The second-order valence-corrected chi connectivity index (χ2v) is 5.31. The van der Waals surface area contributed by atoms with E-state index in [9.17, 15) is 5.26 Å². The highest BCUT2D eigenvalue weighted by Gasteiger charge is 2.21. The molecule has 1 unspecified atom stereocenters. The molecule has 0 bridgehead atoms. The summed E-state index contributed by atoms with van der Waals surface area (Å²) in [6, 6.07) is 2.35. The minimum absolute atomic E-state index is 0.416. The van der Waals surface area contributed by atoms with E-state index in [0.29, 0.717) is 0 Å². The number of rotatable bonds is 7. The Morgan fingerprint density at radius 2 is 2.41 bits per heavy atom. The van der Waals surface area contributed by atoms with Crippen molar-refractivity contribution in [3.63, 3.8) is 0 Å². The average molecular weight is 299 g/mol. The number of aromatic nitrogens is 2. The summed E-state index contributed by atoms with van der Waals surface area (Å²) in [6.45, 7) is 5.79. The highest BCUT2D eigenvalue weighted by Crippen LogP contribution is 2.13. The van der Waals surface area contributed by atoms with Crippen LogP contribution in [0.25, 0.3) is 0 Å². The highest BCUT2D eigenvalue weighted by atomic mass is 79.9. The molecule has 0 amide bonds. The Morgan fingerprint density at radius 3 is 2.94 bits per heavy atom. The van der Waals surface area contributed by atoms with Gasteiger partial charge in [0.15, 0.2) is 0 Å². The smallest absolute Gasteiger partial charge is 0.103 e. The Labute approximate surface area is 111 Å². The molecule has 1 atom stereocenters. The first-order valence-corrected chi connectivity index (χ1v) is 6.73. The van der Waals surface area contributed by atoms with E-state index in [1.165, 1.54) is 0 Å². The molecule has 0 radical (unpaired) electrons. The van der Waals surface area contributed by atoms with Gasteiger partial charge in [-0.2, -0.15) is 10.4 Å². The van der Waals surface area contributed by atoms with Crippen molar-refractivity contribution in [1.82, 2.24) is 15.1 Å². The van der Waals surface area contributed by atoms with Gasteiger partial charge in [0.25, 0.3) is 0 Å². The maximum absolute atomic E-state index is 9.17. The van der Waals surface area contributed by atoms with Gasteiger partial charge >= 0.3 is 0 Å². The van der Waals surface area contributed by atoms with Gasteiger partial charge in [-0.3, -0.25) is 10.00 Å². The monoisotopic (exact) mass is 298 g/mol. The molecule has 4 nitrogen and oxygen atoms in total. The third-order valence-electron chi connectivity index (χ3n) is 2.68. The predicted molar refractivity (Wildman–Crippen MR) is 71.5 cm³/mol. The van der Waals surface area contributed by atoms with Gasteiger partial charge in [-0.25, -0.2) is 0 Å². The van der Waals surface area contributed by atoms with E-state index in [1.54, 1.807) is 6.20 Å². The second-order valence-electron chi connectivity index (χ2n) is 4.40. The summed E-state index contributed by atoms with van der Waals surface area (Å²) < 4.78 is 2.88. The van der Waals surface area contributed by atoms with Crippen LogP contribution in [0.5, 0.6) is 0 Å². The lowest BCUT2D eigenvalue weighted by atomic mass is 9.97. The maximum atomic E-state index is 9.17. The van der Waals surface area contributed by atoms with Crippen molar-refractivity contribution in [3.8, 4) is 6.07 Å². The molecular weight excluding hydrogens is 280 g/mol. The molecule has 1 heterocycles. The van der Waals surface area contributed by atoms with Gasteiger partial charge in [0, 0.05) is 12.7 Å². The van der Waals surface area contributed by atoms with Crippen LogP contribution in [0.2, 0.25) is 0 Å². The first kappa shape index (κ1) is 14.2. The van der Waals surface area contributed by atoms with E-state index in [0.717, 1.165) is 36.8 Å². The van der Waals surface area contributed by atoms with Gasteiger partial charge < -0.3 is 0 Å². The van der Waals surface area contributed by atoms with Crippen LogP contribution in [0.3, 0.4) is 0 Å². The summed E-state index contributed by atoms with van der Waals surface area (Å²) in [6.07, 6.45) is 6.54. The first-order chi connectivity index (χ1) is 8.09. The van der Waals surface area contributed by atoms with E-state index in [4.69, 9.17) is 0 Å². The minimum Gasteiger partial charge on any atom is -0.300 e. The van der Waals surface area contributed by atoms with Crippen molar-refractivity contribution in [2.24, 2.45) is 0 Å². The number of nitriles is 1. The zero-order valence-corrected chi connectivity index (χ0v) is 12.0. The molecule has 0 fully saturated rings. The Hall–Kier alpha value is -0.860. The van der Waals surface area contributed by atoms with Gasteiger partial charge in [-0.15, -0.1) is 0 Å². The molecular formula is C12H19BrN4. The third-order valence-corrected chi connectivity index (χ3v) is 3.09. The lowest BCUT2D eigenvalue weighted by Gasteiger charge is -2.22. The first-order valence-electron chi connectivity index (χ1n) is 5.94. The average Bonchev–Trinajstić information content (AvgIpc) is 2.72. The molecule has 0 spiro atoms. The fraction of sp³-hybridized carbons (Fsp3) is 0.667. The fourth-order valence-corrected chi connectivity index (χ4v) is 1.97. The van der Waals surface area contributed by atoms with Crippen molar-refractivity contribution in [3.05, 3.63) is 16.9 Å². The SMILES string of the molecule is CCCNC(C)(C#N)CCCn1cc(Br)cn1. The van der Waals surface area contributed by atoms with Crippen LogP contribution in [-0.2, 0) is 6.54 Å². The standard InChI is InChI=1S/C12H19BrN4/c1-3-6-15-12(2,10-14)5-4-7-17-9-11(13)8-16-17/h8-9,15H,3-7H2,1-2H3. The highest BCUT2D eigenvalue weighted by molar-refractivity contribution is 9.10. The number of nitrogens with one attached hydrogen (secondary N) is 1. The topological polar surface area (TPSA) is 53.6 Å². The third kappa shape index (κ3) is 4.88. The summed E-state index contributed by atoms with van der Waals surface area (Å²) >= 11 is 3.36. The van der Waals surface area contributed by atoms with Crippen LogP contribution < -0.4 is 5.32 Å². The number of hydrogen-bond acceptors (Lipinski definition) is 3. The van der Waals surface area contributed by atoms with Gasteiger partial charge in [0.1, 0.15) is 5.54 Å².